The molecule has 1 aromatic heterocycles. The lowest BCUT2D eigenvalue weighted by molar-refractivity contribution is -0.136. The summed E-state index contributed by atoms with van der Waals surface area (Å²) in [6.45, 7) is 7.64. The second-order valence-corrected chi connectivity index (χ2v) is 12.2. The number of carboxylic acid groups (broad SMARTS) is 1. The van der Waals surface area contributed by atoms with Gasteiger partial charge in [0.05, 0.1) is 40.7 Å². The summed E-state index contributed by atoms with van der Waals surface area (Å²) in [6.07, 6.45) is -0.339. The van der Waals surface area contributed by atoms with E-state index in [0.717, 1.165) is 0 Å². The van der Waals surface area contributed by atoms with Crippen LogP contribution in [0.5, 0.6) is 11.5 Å². The number of hydrogen-bond donors (Lipinski definition) is 1. The van der Waals surface area contributed by atoms with Crippen molar-refractivity contribution in [2.24, 2.45) is 0 Å². The van der Waals surface area contributed by atoms with Crippen molar-refractivity contribution in [2.75, 3.05) is 6.54 Å². The highest BCUT2D eigenvalue weighted by Gasteiger charge is 2.44. The molecule has 1 fully saturated rings. The van der Waals surface area contributed by atoms with Crippen LogP contribution in [0.25, 0.3) is 10.9 Å². The lowest BCUT2D eigenvalue weighted by Gasteiger charge is -2.25. The Morgan fingerprint density at radius 1 is 1.05 bits per heavy atom. The normalized spacial score (nSPS) is 17.5. The molecule has 2 atom stereocenters. The van der Waals surface area contributed by atoms with Gasteiger partial charge in [0.15, 0.2) is 0 Å². The number of sulfonamides is 1. The zero-order valence-corrected chi connectivity index (χ0v) is 23.7. The highest BCUT2D eigenvalue weighted by atomic mass is 32.2. The van der Waals surface area contributed by atoms with Crippen LogP contribution in [-0.2, 0) is 21.2 Å². The molecule has 2 heterocycles. The minimum absolute atomic E-state index is 0.0155. The van der Waals surface area contributed by atoms with Gasteiger partial charge < -0.3 is 14.6 Å². The molecule has 0 saturated carbocycles. The Hall–Kier alpha value is -4.29. The Bertz CT molecular complexity index is 1740. The number of nitrogens with zero attached hydrogens (tertiary/aromatic N) is 3. The smallest absolute Gasteiger partial charge is 0.309 e. The predicted molar refractivity (Wildman–Crippen MR) is 151 cm³/mol. The van der Waals surface area contributed by atoms with E-state index >= 15 is 0 Å². The van der Waals surface area contributed by atoms with Gasteiger partial charge in [-0.1, -0.05) is 6.58 Å². The van der Waals surface area contributed by atoms with Crippen LogP contribution >= 0.6 is 0 Å². The number of carbonyl (C=O) groups is 1. The fourth-order valence-electron chi connectivity index (χ4n) is 5.07. The molecular weight excluding hydrogens is 568 g/mol. The van der Waals surface area contributed by atoms with E-state index in [9.17, 15) is 27.1 Å². The first kappa shape index (κ1) is 29.2. The molecule has 3 aromatic carbocycles. The number of carboxylic acids is 1. The predicted octanol–water partition coefficient (Wildman–Crippen LogP) is 5.33. The first-order valence-corrected chi connectivity index (χ1v) is 14.7. The molecule has 4 aromatic rings. The molecular formula is C30H29F2N3O6S. The quantitative estimate of drug-likeness (QED) is 0.246. The monoisotopic (exact) mass is 597 g/mol. The molecule has 1 N–H and O–H groups in total. The third-order valence-electron chi connectivity index (χ3n) is 6.88. The number of fused-ring (bicyclic) bond motifs is 1. The minimum atomic E-state index is -4.12. The number of ether oxygens (including phenoxy) is 2. The average Bonchev–Trinajstić information content (AvgIpc) is 3.52. The van der Waals surface area contributed by atoms with Crippen LogP contribution in [0.4, 0.5) is 8.78 Å². The van der Waals surface area contributed by atoms with Gasteiger partial charge in [-0.2, -0.15) is 9.40 Å². The molecule has 42 heavy (non-hydrogen) atoms. The van der Waals surface area contributed by atoms with Gasteiger partial charge in [0.2, 0.25) is 10.0 Å². The molecule has 0 spiro atoms. The lowest BCUT2D eigenvalue weighted by Crippen LogP contribution is -2.37. The molecule has 1 aliphatic heterocycles. The number of aliphatic carboxylic acids is 1. The summed E-state index contributed by atoms with van der Waals surface area (Å²) < 4.78 is 70.0. The molecule has 0 aliphatic carbocycles. The molecule has 0 amide bonds. The molecule has 0 radical (unpaired) electrons. The number of benzene rings is 3. The number of halogens is 2. The molecule has 5 rings (SSSR count). The average molecular weight is 598 g/mol. The summed E-state index contributed by atoms with van der Waals surface area (Å²) in [5.41, 5.74) is 0.576. The number of rotatable bonds is 10. The molecule has 9 nitrogen and oxygen atoms in total. The van der Waals surface area contributed by atoms with E-state index in [0.29, 0.717) is 16.7 Å². The van der Waals surface area contributed by atoms with Crippen LogP contribution in [0.15, 0.2) is 84.0 Å². The zero-order valence-electron chi connectivity index (χ0n) is 22.9. The van der Waals surface area contributed by atoms with Crippen molar-refractivity contribution in [1.82, 2.24) is 14.1 Å². The summed E-state index contributed by atoms with van der Waals surface area (Å²) in [5, 5.41) is 14.3. The second kappa shape index (κ2) is 11.5. The maximum atomic E-state index is 14.3. The van der Waals surface area contributed by atoms with E-state index in [2.05, 4.69) is 11.7 Å². The van der Waals surface area contributed by atoms with E-state index in [4.69, 9.17) is 9.47 Å². The van der Waals surface area contributed by atoms with E-state index in [1.54, 1.807) is 12.1 Å². The Labute approximate surface area is 241 Å². The van der Waals surface area contributed by atoms with Gasteiger partial charge in [0.1, 0.15) is 28.9 Å². The Morgan fingerprint density at radius 3 is 2.33 bits per heavy atom. The SMILES string of the molecule is C=C(Oc1ccc(F)cc1)[C@H]1CC(n2nc(CC(=O)O)c3ccc(F)cc32)CN1S(=O)(=O)c1ccc(OC(C)C)cc1. The highest BCUT2D eigenvalue weighted by Crippen LogP contribution is 2.38. The van der Waals surface area contributed by atoms with Crippen LogP contribution in [0.2, 0.25) is 0 Å². The molecule has 1 aliphatic rings. The Morgan fingerprint density at radius 2 is 1.69 bits per heavy atom. The fraction of sp³-hybridized carbons (Fsp3) is 0.267. The topological polar surface area (TPSA) is 111 Å². The molecule has 12 heteroatoms. The first-order valence-electron chi connectivity index (χ1n) is 13.2. The third kappa shape index (κ3) is 6.00. The molecule has 1 unspecified atom stereocenters. The van der Waals surface area contributed by atoms with Crippen molar-refractivity contribution in [3.63, 3.8) is 0 Å². The van der Waals surface area contributed by atoms with Crippen LogP contribution in [0.1, 0.15) is 32.0 Å². The zero-order chi connectivity index (χ0) is 30.2. The van der Waals surface area contributed by atoms with Crippen molar-refractivity contribution in [1.29, 1.82) is 0 Å². The summed E-state index contributed by atoms with van der Waals surface area (Å²) >= 11 is 0. The van der Waals surface area contributed by atoms with Crippen molar-refractivity contribution >= 4 is 26.9 Å². The van der Waals surface area contributed by atoms with Crippen LogP contribution in [0.3, 0.4) is 0 Å². The van der Waals surface area contributed by atoms with Crippen molar-refractivity contribution in [3.05, 3.63) is 96.4 Å². The van der Waals surface area contributed by atoms with Crippen LogP contribution < -0.4 is 9.47 Å². The van der Waals surface area contributed by atoms with Crippen molar-refractivity contribution < 1.29 is 36.6 Å². The molecule has 220 valence electrons. The Balaban J connectivity index is 1.53. The standard InChI is InChI=1S/C30H29F2N3O6S/c1-18(2)40-23-9-11-25(12-10-23)42(38,39)34-17-22(15-28(34)19(3)41-24-7-4-20(31)5-8-24)35-29-14-21(32)6-13-26(29)27(33-35)16-30(36)37/h4-14,18,22,28H,3,15-17H2,1-2H3,(H,36,37)/t22?,28-/m1/s1. The summed E-state index contributed by atoms with van der Waals surface area (Å²) in [6, 6.07) is 13.7. The van der Waals surface area contributed by atoms with E-state index in [1.165, 1.54) is 63.6 Å². The van der Waals surface area contributed by atoms with Gasteiger partial charge in [0.25, 0.3) is 0 Å². The Kier molecular flexibility index (Phi) is 8.02. The van der Waals surface area contributed by atoms with Crippen molar-refractivity contribution in [3.8, 4) is 11.5 Å². The summed E-state index contributed by atoms with van der Waals surface area (Å²) in [4.78, 5) is 11.5. The van der Waals surface area contributed by atoms with Crippen molar-refractivity contribution in [2.45, 2.75) is 49.8 Å². The maximum Gasteiger partial charge on any atom is 0.309 e. The second-order valence-electron chi connectivity index (χ2n) is 10.3. The van der Waals surface area contributed by atoms with Gasteiger partial charge >= 0.3 is 5.97 Å². The first-order chi connectivity index (χ1) is 19.9. The number of hydrogen-bond acceptors (Lipinski definition) is 6. The minimum Gasteiger partial charge on any atom is -0.491 e. The van der Waals surface area contributed by atoms with E-state index in [1.807, 2.05) is 13.8 Å². The van der Waals surface area contributed by atoms with E-state index < -0.39 is 46.1 Å². The van der Waals surface area contributed by atoms with Gasteiger partial charge in [-0.05, 0) is 87.0 Å². The summed E-state index contributed by atoms with van der Waals surface area (Å²) in [5.74, 6) is -1.23. The molecule has 1 saturated heterocycles. The lowest BCUT2D eigenvalue weighted by atomic mass is 10.1. The number of aromatic nitrogens is 2. The van der Waals surface area contributed by atoms with Crippen LogP contribution in [0, 0.1) is 11.6 Å². The highest BCUT2D eigenvalue weighted by molar-refractivity contribution is 7.89. The fourth-order valence-corrected chi connectivity index (χ4v) is 6.73. The van der Waals surface area contributed by atoms with Gasteiger partial charge in [-0.3, -0.25) is 9.48 Å². The van der Waals surface area contributed by atoms with Gasteiger partial charge in [-0.25, -0.2) is 17.2 Å². The van der Waals surface area contributed by atoms with Crippen LogP contribution in [-0.4, -0.2) is 52.3 Å². The van der Waals surface area contributed by atoms with Gasteiger partial charge in [-0.15, -0.1) is 0 Å². The van der Waals surface area contributed by atoms with Gasteiger partial charge in [0, 0.05) is 11.9 Å². The maximum absolute atomic E-state index is 14.3. The molecule has 0 bridgehead atoms. The van der Waals surface area contributed by atoms with E-state index in [-0.39, 0.29) is 41.2 Å². The summed E-state index contributed by atoms with van der Waals surface area (Å²) in [7, 11) is -4.12. The third-order valence-corrected chi connectivity index (χ3v) is 8.77. The largest absolute Gasteiger partial charge is 0.491 e.